The molecule has 162 valence electrons. The van der Waals surface area contributed by atoms with Crippen molar-refractivity contribution < 1.29 is 14.4 Å². The Kier molecular flexibility index (Phi) is 6.14. The molecule has 0 aliphatic rings. The number of carbonyl (C=O) groups is 3. The van der Waals surface area contributed by atoms with E-state index in [2.05, 4.69) is 18.2 Å². The molecule has 0 aromatic heterocycles. The molecule has 0 atom stereocenters. The summed E-state index contributed by atoms with van der Waals surface area (Å²) in [5.41, 5.74) is 8.12. The van der Waals surface area contributed by atoms with Crippen LogP contribution in [0.2, 0.25) is 0 Å². The lowest BCUT2D eigenvalue weighted by atomic mass is 9.90. The van der Waals surface area contributed by atoms with E-state index in [0.29, 0.717) is 16.7 Å². The zero-order valence-electron chi connectivity index (χ0n) is 18.9. The molecule has 0 aliphatic heterocycles. The van der Waals surface area contributed by atoms with Gasteiger partial charge in [-0.1, -0.05) is 84.9 Å². The average molecular weight is 433 g/mol. The topological polar surface area (TPSA) is 51.2 Å². The second kappa shape index (κ2) is 9.17. The van der Waals surface area contributed by atoms with E-state index in [1.54, 1.807) is 20.8 Å². The molecule has 0 spiro atoms. The van der Waals surface area contributed by atoms with Crippen LogP contribution in [-0.4, -0.2) is 17.3 Å². The fourth-order valence-electron chi connectivity index (χ4n) is 3.88. The first-order chi connectivity index (χ1) is 15.8. The fraction of sp³-hybridized carbons (Fsp3) is 0.100. The predicted octanol–water partition coefficient (Wildman–Crippen LogP) is 7.30. The maximum absolute atomic E-state index is 11.7. The van der Waals surface area contributed by atoms with Gasteiger partial charge in [0.25, 0.3) is 0 Å². The highest BCUT2D eigenvalue weighted by Gasteiger charge is 2.12. The van der Waals surface area contributed by atoms with Crippen molar-refractivity contribution >= 4 is 17.3 Å². The molecule has 0 saturated carbocycles. The Morgan fingerprint density at radius 1 is 0.394 bits per heavy atom. The number of benzene rings is 4. The summed E-state index contributed by atoms with van der Waals surface area (Å²) in [6, 6.07) is 29.1. The average Bonchev–Trinajstić information content (AvgIpc) is 2.84. The lowest BCUT2D eigenvalue weighted by molar-refractivity contribution is 0.100. The van der Waals surface area contributed by atoms with Crippen molar-refractivity contribution in [2.45, 2.75) is 20.8 Å². The summed E-state index contributed by atoms with van der Waals surface area (Å²) in [6.07, 6.45) is 0. The van der Waals surface area contributed by atoms with Gasteiger partial charge in [-0.25, -0.2) is 0 Å². The van der Waals surface area contributed by atoms with Crippen LogP contribution in [0.15, 0.2) is 91.0 Å². The molecular formula is C30H24O3. The molecule has 33 heavy (non-hydrogen) atoms. The van der Waals surface area contributed by atoms with Gasteiger partial charge in [-0.15, -0.1) is 0 Å². The van der Waals surface area contributed by atoms with Crippen molar-refractivity contribution in [1.82, 2.24) is 0 Å². The van der Waals surface area contributed by atoms with Gasteiger partial charge in [-0.3, -0.25) is 14.4 Å². The van der Waals surface area contributed by atoms with Crippen LogP contribution in [0.1, 0.15) is 51.8 Å². The lowest BCUT2D eigenvalue weighted by Crippen LogP contribution is -1.94. The Morgan fingerprint density at radius 3 is 1.12 bits per heavy atom. The van der Waals surface area contributed by atoms with E-state index in [0.717, 1.165) is 33.4 Å². The Hall–Kier alpha value is -4.11. The van der Waals surface area contributed by atoms with Gasteiger partial charge in [0.1, 0.15) is 0 Å². The van der Waals surface area contributed by atoms with Gasteiger partial charge in [-0.2, -0.15) is 0 Å². The predicted molar refractivity (Wildman–Crippen MR) is 133 cm³/mol. The summed E-state index contributed by atoms with van der Waals surface area (Å²) >= 11 is 0. The minimum absolute atomic E-state index is 0.0286. The van der Waals surface area contributed by atoms with Gasteiger partial charge in [-0.05, 0) is 60.2 Å². The summed E-state index contributed by atoms with van der Waals surface area (Å²) in [5, 5.41) is 0. The third-order valence-electron chi connectivity index (χ3n) is 5.85. The summed E-state index contributed by atoms with van der Waals surface area (Å²) in [4.78, 5) is 35.0. The number of hydrogen-bond donors (Lipinski definition) is 0. The first kappa shape index (κ1) is 22.1. The van der Waals surface area contributed by atoms with E-state index >= 15 is 0 Å². The van der Waals surface area contributed by atoms with E-state index in [-0.39, 0.29) is 17.3 Å². The number of carbonyl (C=O) groups excluding carboxylic acids is 3. The van der Waals surface area contributed by atoms with Crippen LogP contribution in [-0.2, 0) is 0 Å². The monoisotopic (exact) mass is 432 g/mol. The molecule has 0 fully saturated rings. The molecule has 0 heterocycles. The van der Waals surface area contributed by atoms with Crippen LogP contribution < -0.4 is 0 Å². The normalized spacial score (nSPS) is 10.6. The van der Waals surface area contributed by atoms with E-state index in [9.17, 15) is 14.4 Å². The molecule has 0 radical (unpaired) electrons. The van der Waals surface area contributed by atoms with E-state index in [1.165, 1.54) is 0 Å². The van der Waals surface area contributed by atoms with Gasteiger partial charge < -0.3 is 0 Å². The highest BCUT2D eigenvalue weighted by Crippen LogP contribution is 2.36. The maximum Gasteiger partial charge on any atom is 0.159 e. The van der Waals surface area contributed by atoms with Crippen LogP contribution >= 0.6 is 0 Å². The highest BCUT2D eigenvalue weighted by atomic mass is 16.1. The van der Waals surface area contributed by atoms with Crippen molar-refractivity contribution in [2.75, 3.05) is 0 Å². The molecule has 4 aromatic carbocycles. The van der Waals surface area contributed by atoms with Gasteiger partial charge in [0, 0.05) is 16.7 Å². The molecule has 3 nitrogen and oxygen atoms in total. The SMILES string of the molecule is CC(=O)c1ccc(-c2ccc(-c3ccc(C(C)=O)cc3)c(-c3ccc(C(C)=O)cc3)c2)cc1. The van der Waals surface area contributed by atoms with Crippen LogP contribution in [0.5, 0.6) is 0 Å². The Morgan fingerprint density at radius 2 is 0.727 bits per heavy atom. The van der Waals surface area contributed by atoms with Crippen LogP contribution in [0.25, 0.3) is 33.4 Å². The molecule has 0 saturated heterocycles. The minimum atomic E-state index is 0.0286. The summed E-state index contributed by atoms with van der Waals surface area (Å²) in [6.45, 7) is 4.68. The second-order valence-corrected chi connectivity index (χ2v) is 8.16. The molecule has 0 unspecified atom stereocenters. The number of rotatable bonds is 6. The maximum atomic E-state index is 11.7. The van der Waals surface area contributed by atoms with Gasteiger partial charge in [0.2, 0.25) is 0 Å². The van der Waals surface area contributed by atoms with Crippen LogP contribution in [0.3, 0.4) is 0 Å². The summed E-state index contributed by atoms with van der Waals surface area (Å²) < 4.78 is 0. The van der Waals surface area contributed by atoms with E-state index in [4.69, 9.17) is 0 Å². The lowest BCUT2D eigenvalue weighted by Gasteiger charge is -2.14. The molecule has 0 amide bonds. The van der Waals surface area contributed by atoms with Crippen molar-refractivity contribution in [1.29, 1.82) is 0 Å². The third kappa shape index (κ3) is 4.73. The standard InChI is InChI=1S/C30H24O3/c1-19(31)22-4-10-25(11-5-22)28-16-17-29(26-12-6-23(7-13-26)20(2)32)30(18-28)27-14-8-24(9-15-27)21(3)33/h4-18H,1-3H3. The van der Waals surface area contributed by atoms with Gasteiger partial charge in [0.15, 0.2) is 17.3 Å². The Balaban J connectivity index is 1.84. The van der Waals surface area contributed by atoms with Crippen molar-refractivity contribution in [3.8, 4) is 33.4 Å². The van der Waals surface area contributed by atoms with Gasteiger partial charge in [0.05, 0.1) is 0 Å². The smallest absolute Gasteiger partial charge is 0.159 e. The molecule has 4 aromatic rings. The zero-order valence-corrected chi connectivity index (χ0v) is 18.9. The first-order valence-electron chi connectivity index (χ1n) is 10.8. The van der Waals surface area contributed by atoms with Crippen molar-refractivity contribution in [3.05, 3.63) is 108 Å². The zero-order chi connectivity index (χ0) is 23.5. The van der Waals surface area contributed by atoms with Crippen molar-refractivity contribution in [3.63, 3.8) is 0 Å². The molecule has 0 aliphatic carbocycles. The highest BCUT2D eigenvalue weighted by molar-refractivity contribution is 5.97. The van der Waals surface area contributed by atoms with E-state index in [1.807, 2.05) is 72.8 Å². The molecular weight excluding hydrogens is 408 g/mol. The Labute approximate surface area is 193 Å². The number of hydrogen-bond acceptors (Lipinski definition) is 3. The third-order valence-corrected chi connectivity index (χ3v) is 5.85. The summed E-state index contributed by atoms with van der Waals surface area (Å²) in [7, 11) is 0. The van der Waals surface area contributed by atoms with Crippen LogP contribution in [0.4, 0.5) is 0 Å². The molecule has 4 rings (SSSR count). The molecule has 0 N–H and O–H groups in total. The first-order valence-corrected chi connectivity index (χ1v) is 10.8. The quantitative estimate of drug-likeness (QED) is 0.301. The molecule has 0 bridgehead atoms. The van der Waals surface area contributed by atoms with E-state index < -0.39 is 0 Å². The number of ketones is 3. The Bertz CT molecular complexity index is 1340. The van der Waals surface area contributed by atoms with Crippen molar-refractivity contribution in [2.24, 2.45) is 0 Å². The molecule has 3 heteroatoms. The number of Topliss-reactive ketones (excluding diaryl/α,β-unsaturated/α-hetero) is 3. The summed E-state index contributed by atoms with van der Waals surface area (Å²) in [5.74, 6) is 0.101. The second-order valence-electron chi connectivity index (χ2n) is 8.16. The van der Waals surface area contributed by atoms with Gasteiger partial charge >= 0.3 is 0 Å². The largest absolute Gasteiger partial charge is 0.295 e. The van der Waals surface area contributed by atoms with Crippen LogP contribution in [0, 0.1) is 0 Å². The fourth-order valence-corrected chi connectivity index (χ4v) is 3.88. The minimum Gasteiger partial charge on any atom is -0.295 e.